The molecular formula is C25H29N3O5. The number of carbonyl (C=O) groups is 1. The Kier molecular flexibility index (Phi) is 6.44. The van der Waals surface area contributed by atoms with Crippen LogP contribution in [-0.4, -0.2) is 43.5 Å². The molecule has 33 heavy (non-hydrogen) atoms. The number of ether oxygens (including phenoxy) is 4. The molecule has 3 aromatic rings. The van der Waals surface area contributed by atoms with Gasteiger partial charge >= 0.3 is 5.97 Å². The molecular weight excluding hydrogens is 422 g/mol. The molecule has 8 nitrogen and oxygen atoms in total. The number of para-hydroxylation sites is 2. The van der Waals surface area contributed by atoms with Gasteiger partial charge in [-0.05, 0) is 37.6 Å². The number of hydrogen-bond donors (Lipinski definition) is 1. The fraction of sp³-hybridized carbons (Fsp3) is 0.360. The number of rotatable bonds is 8. The first-order valence-corrected chi connectivity index (χ1v) is 11.0. The fourth-order valence-electron chi connectivity index (χ4n) is 4.42. The molecule has 1 aliphatic heterocycles. The Morgan fingerprint density at radius 2 is 1.79 bits per heavy atom. The van der Waals surface area contributed by atoms with Crippen molar-refractivity contribution in [3.63, 3.8) is 0 Å². The number of allylic oxidation sites excluding steroid dienone is 1. The molecule has 1 aliphatic rings. The molecule has 0 saturated carbocycles. The molecule has 1 aromatic heterocycles. The summed E-state index contributed by atoms with van der Waals surface area (Å²) in [7, 11) is 4.72. The van der Waals surface area contributed by atoms with Crippen molar-refractivity contribution >= 4 is 23.0 Å². The summed E-state index contributed by atoms with van der Waals surface area (Å²) in [6, 6.07) is 11.0. The maximum absolute atomic E-state index is 13.4. The second-order valence-corrected chi connectivity index (χ2v) is 7.61. The van der Waals surface area contributed by atoms with Gasteiger partial charge in [0.2, 0.25) is 11.7 Å². The number of anilines is 1. The van der Waals surface area contributed by atoms with Gasteiger partial charge in [-0.25, -0.2) is 9.78 Å². The highest BCUT2D eigenvalue weighted by Gasteiger charge is 2.38. The lowest BCUT2D eigenvalue weighted by molar-refractivity contribution is -0.139. The van der Waals surface area contributed by atoms with Crippen molar-refractivity contribution in [2.45, 2.75) is 32.7 Å². The van der Waals surface area contributed by atoms with Crippen LogP contribution in [0.5, 0.6) is 17.2 Å². The smallest absolute Gasteiger partial charge is 0.338 e. The first kappa shape index (κ1) is 22.5. The summed E-state index contributed by atoms with van der Waals surface area (Å²) in [5.41, 5.74) is 3.78. The Hall–Kier alpha value is -3.68. The van der Waals surface area contributed by atoms with Crippen LogP contribution in [0.4, 0.5) is 5.95 Å². The molecule has 2 aromatic carbocycles. The quantitative estimate of drug-likeness (QED) is 0.497. The number of fused-ring (bicyclic) bond motifs is 3. The topological polar surface area (TPSA) is 83.8 Å². The molecule has 0 radical (unpaired) electrons. The average molecular weight is 452 g/mol. The monoisotopic (exact) mass is 451 g/mol. The minimum Gasteiger partial charge on any atom is -0.493 e. The molecule has 174 valence electrons. The van der Waals surface area contributed by atoms with Gasteiger partial charge < -0.3 is 24.3 Å². The number of aromatic nitrogens is 2. The van der Waals surface area contributed by atoms with Crippen molar-refractivity contribution in [2.75, 3.05) is 33.3 Å². The largest absolute Gasteiger partial charge is 0.493 e. The summed E-state index contributed by atoms with van der Waals surface area (Å²) >= 11 is 0. The van der Waals surface area contributed by atoms with Crippen LogP contribution in [0.25, 0.3) is 11.0 Å². The first-order valence-electron chi connectivity index (χ1n) is 11.0. The predicted molar refractivity (Wildman–Crippen MR) is 126 cm³/mol. The van der Waals surface area contributed by atoms with Crippen LogP contribution in [0.3, 0.4) is 0 Å². The summed E-state index contributed by atoms with van der Waals surface area (Å²) in [4.78, 5) is 18.2. The van der Waals surface area contributed by atoms with E-state index in [4.69, 9.17) is 23.9 Å². The summed E-state index contributed by atoms with van der Waals surface area (Å²) in [5, 5.41) is 3.40. The van der Waals surface area contributed by atoms with Crippen molar-refractivity contribution in [3.05, 3.63) is 53.2 Å². The molecule has 1 N–H and O–H groups in total. The molecule has 0 fully saturated rings. The van der Waals surface area contributed by atoms with Gasteiger partial charge in [0.05, 0.1) is 50.6 Å². The van der Waals surface area contributed by atoms with Crippen molar-refractivity contribution in [1.82, 2.24) is 9.55 Å². The summed E-state index contributed by atoms with van der Waals surface area (Å²) in [6.07, 6.45) is 1.52. The Bertz CT molecular complexity index is 1210. The Balaban J connectivity index is 2.07. The van der Waals surface area contributed by atoms with E-state index in [-0.39, 0.29) is 12.6 Å². The van der Waals surface area contributed by atoms with E-state index >= 15 is 0 Å². The normalized spacial score (nSPS) is 15.1. The SMILES string of the molecule is CCCC1=C(C(=O)OCC)[C@@H](c2ccc(OC)c(OC)c2OC)n2c(nc3ccccc32)N1. The van der Waals surface area contributed by atoms with Crippen LogP contribution in [0, 0.1) is 0 Å². The number of carbonyl (C=O) groups excluding carboxylic acids is 1. The van der Waals surface area contributed by atoms with Crippen molar-refractivity contribution < 1.29 is 23.7 Å². The summed E-state index contributed by atoms with van der Waals surface area (Å²) < 4.78 is 24.5. The molecule has 0 spiro atoms. The van der Waals surface area contributed by atoms with Crippen LogP contribution in [-0.2, 0) is 9.53 Å². The Labute approximate surface area is 193 Å². The van der Waals surface area contributed by atoms with Gasteiger partial charge in [0.1, 0.15) is 0 Å². The molecule has 0 unspecified atom stereocenters. The van der Waals surface area contributed by atoms with E-state index in [1.807, 2.05) is 41.0 Å². The maximum atomic E-state index is 13.4. The van der Waals surface area contributed by atoms with Gasteiger partial charge in [-0.2, -0.15) is 0 Å². The Morgan fingerprint density at radius 1 is 1.03 bits per heavy atom. The average Bonchev–Trinajstić information content (AvgIpc) is 3.20. The van der Waals surface area contributed by atoms with Gasteiger partial charge in [0.15, 0.2) is 11.5 Å². The fourth-order valence-corrected chi connectivity index (χ4v) is 4.42. The molecule has 2 heterocycles. The number of benzene rings is 2. The third-order valence-electron chi connectivity index (χ3n) is 5.74. The van der Waals surface area contributed by atoms with Gasteiger partial charge in [-0.3, -0.25) is 4.57 Å². The van der Waals surface area contributed by atoms with E-state index in [1.165, 1.54) is 0 Å². The van der Waals surface area contributed by atoms with E-state index in [1.54, 1.807) is 28.3 Å². The highest BCUT2D eigenvalue weighted by molar-refractivity contribution is 5.94. The van der Waals surface area contributed by atoms with E-state index in [0.717, 1.165) is 28.7 Å². The second-order valence-electron chi connectivity index (χ2n) is 7.61. The molecule has 0 bridgehead atoms. The van der Waals surface area contributed by atoms with E-state index in [2.05, 4.69) is 12.2 Å². The zero-order chi connectivity index (χ0) is 23.5. The van der Waals surface area contributed by atoms with Crippen molar-refractivity contribution in [2.24, 2.45) is 0 Å². The summed E-state index contributed by atoms with van der Waals surface area (Å²) in [5.74, 6) is 1.78. The molecule has 4 rings (SSSR count). The van der Waals surface area contributed by atoms with Crippen molar-refractivity contribution in [3.8, 4) is 17.2 Å². The van der Waals surface area contributed by atoms with Gasteiger partial charge in [-0.15, -0.1) is 0 Å². The van der Waals surface area contributed by atoms with Crippen LogP contribution in [0.2, 0.25) is 0 Å². The maximum Gasteiger partial charge on any atom is 0.338 e. The lowest BCUT2D eigenvalue weighted by Gasteiger charge is -2.32. The third kappa shape index (κ3) is 3.75. The zero-order valence-electron chi connectivity index (χ0n) is 19.6. The molecule has 0 aliphatic carbocycles. The molecule has 1 atom stereocenters. The standard InChI is InChI=1S/C25H29N3O5/c1-6-10-17-20(24(29)33-7-2)21(15-13-14-19(30-3)23(32-5)22(15)31-4)28-18-12-9-8-11-16(18)26-25(28)27-17/h8-9,11-14,21H,6-7,10H2,1-5H3,(H,26,27)/t21-/m1/s1. The van der Waals surface area contributed by atoms with E-state index in [0.29, 0.717) is 35.2 Å². The van der Waals surface area contributed by atoms with Gasteiger partial charge in [0.25, 0.3) is 0 Å². The highest BCUT2D eigenvalue weighted by atomic mass is 16.5. The number of methoxy groups -OCH3 is 3. The van der Waals surface area contributed by atoms with Crippen molar-refractivity contribution in [1.29, 1.82) is 0 Å². The molecule has 0 amide bonds. The van der Waals surface area contributed by atoms with E-state index in [9.17, 15) is 4.79 Å². The van der Waals surface area contributed by atoms with Crippen LogP contribution in [0.1, 0.15) is 38.3 Å². The minimum absolute atomic E-state index is 0.273. The number of esters is 1. The van der Waals surface area contributed by atoms with Crippen LogP contribution in [0.15, 0.2) is 47.7 Å². The second kappa shape index (κ2) is 9.44. The number of nitrogens with one attached hydrogen (secondary N) is 1. The zero-order valence-corrected chi connectivity index (χ0v) is 19.6. The Morgan fingerprint density at radius 3 is 2.45 bits per heavy atom. The van der Waals surface area contributed by atoms with E-state index < -0.39 is 6.04 Å². The number of imidazole rings is 1. The van der Waals surface area contributed by atoms with Gasteiger partial charge in [-0.1, -0.05) is 25.5 Å². The minimum atomic E-state index is -0.538. The van der Waals surface area contributed by atoms with Gasteiger partial charge in [0, 0.05) is 11.3 Å². The number of hydrogen-bond acceptors (Lipinski definition) is 7. The lowest BCUT2D eigenvalue weighted by Crippen LogP contribution is -2.30. The predicted octanol–water partition coefficient (Wildman–Crippen LogP) is 4.69. The first-order chi connectivity index (χ1) is 16.1. The number of nitrogens with zero attached hydrogens (tertiary/aromatic N) is 2. The highest BCUT2D eigenvalue weighted by Crippen LogP contribution is 2.48. The third-order valence-corrected chi connectivity index (χ3v) is 5.74. The van der Waals surface area contributed by atoms with Crippen LogP contribution < -0.4 is 19.5 Å². The lowest BCUT2D eigenvalue weighted by atomic mass is 9.92. The van der Waals surface area contributed by atoms with Crippen LogP contribution >= 0.6 is 0 Å². The molecule has 0 saturated heterocycles. The summed E-state index contributed by atoms with van der Waals surface area (Å²) in [6.45, 7) is 4.15. The molecule has 8 heteroatoms.